The first-order valence-electron chi connectivity index (χ1n) is 6.69. The van der Waals surface area contributed by atoms with Crippen LogP contribution < -0.4 is 16.0 Å². The average molecular weight is 325 g/mol. The number of hydrazine groups is 1. The van der Waals surface area contributed by atoms with Gasteiger partial charge in [-0.05, 0) is 49.2 Å². The van der Waals surface area contributed by atoms with Gasteiger partial charge in [-0.2, -0.15) is 0 Å². The van der Waals surface area contributed by atoms with E-state index in [-0.39, 0.29) is 12.1 Å². The summed E-state index contributed by atoms with van der Waals surface area (Å²) >= 11 is 12.2. The summed E-state index contributed by atoms with van der Waals surface area (Å²) in [5, 5.41) is 1.16. The van der Waals surface area contributed by atoms with E-state index in [4.69, 9.17) is 33.8 Å². The number of hydrogen-bond acceptors (Lipinski definition) is 3. The van der Waals surface area contributed by atoms with E-state index < -0.39 is 0 Å². The number of rotatable bonds is 5. The number of nitrogens with one attached hydrogen (secondary N) is 1. The molecule has 0 fully saturated rings. The molecule has 3 nitrogen and oxygen atoms in total. The van der Waals surface area contributed by atoms with Gasteiger partial charge >= 0.3 is 0 Å². The maximum absolute atomic E-state index is 6.27. The predicted octanol–water partition coefficient (Wildman–Crippen LogP) is 4.33. The molecule has 0 aliphatic rings. The predicted molar refractivity (Wildman–Crippen MR) is 87.8 cm³/mol. The summed E-state index contributed by atoms with van der Waals surface area (Å²) in [6.07, 6.45) is 0.114. The van der Waals surface area contributed by atoms with Gasteiger partial charge in [0.25, 0.3) is 0 Å². The van der Waals surface area contributed by atoms with Gasteiger partial charge in [-0.3, -0.25) is 5.84 Å². The average Bonchev–Trinajstić information content (AvgIpc) is 2.41. The Hall–Kier alpha value is -1.26. The van der Waals surface area contributed by atoms with Crippen LogP contribution in [-0.2, 0) is 0 Å². The van der Waals surface area contributed by atoms with Crippen molar-refractivity contribution >= 4 is 23.2 Å². The maximum Gasteiger partial charge on any atom is 0.120 e. The van der Waals surface area contributed by atoms with E-state index in [2.05, 4.69) is 5.43 Å². The Balaban J connectivity index is 2.37. The molecule has 5 heteroatoms. The molecule has 0 saturated heterocycles. The first-order valence-corrected chi connectivity index (χ1v) is 7.44. The number of ether oxygens (including phenoxy) is 1. The van der Waals surface area contributed by atoms with E-state index in [9.17, 15) is 0 Å². The lowest BCUT2D eigenvalue weighted by Crippen LogP contribution is -2.29. The van der Waals surface area contributed by atoms with Crippen molar-refractivity contribution in [2.24, 2.45) is 5.84 Å². The highest BCUT2D eigenvalue weighted by atomic mass is 35.5. The second-order valence-electron chi connectivity index (χ2n) is 5.00. The highest BCUT2D eigenvalue weighted by Crippen LogP contribution is 2.31. The number of benzene rings is 2. The van der Waals surface area contributed by atoms with Gasteiger partial charge in [0.1, 0.15) is 5.75 Å². The number of nitrogens with two attached hydrogens (primary N) is 1. The van der Waals surface area contributed by atoms with Crippen molar-refractivity contribution < 1.29 is 4.74 Å². The normalized spacial score (nSPS) is 12.5. The van der Waals surface area contributed by atoms with Crippen LogP contribution in [0.1, 0.15) is 31.0 Å². The van der Waals surface area contributed by atoms with E-state index in [0.29, 0.717) is 10.0 Å². The van der Waals surface area contributed by atoms with Crippen molar-refractivity contribution in [3.63, 3.8) is 0 Å². The maximum atomic E-state index is 6.27. The zero-order valence-corrected chi connectivity index (χ0v) is 13.4. The molecule has 0 heterocycles. The van der Waals surface area contributed by atoms with Gasteiger partial charge < -0.3 is 4.74 Å². The Morgan fingerprint density at radius 3 is 2.48 bits per heavy atom. The van der Waals surface area contributed by atoms with Crippen LogP contribution in [0, 0.1) is 0 Å². The molecule has 0 aliphatic carbocycles. The molecule has 21 heavy (non-hydrogen) atoms. The van der Waals surface area contributed by atoms with E-state index in [1.54, 1.807) is 12.1 Å². The summed E-state index contributed by atoms with van der Waals surface area (Å²) in [5.74, 6) is 6.51. The summed E-state index contributed by atoms with van der Waals surface area (Å²) in [5.41, 5.74) is 4.63. The Kier molecular flexibility index (Phi) is 5.48. The van der Waals surface area contributed by atoms with Gasteiger partial charge in [-0.15, -0.1) is 0 Å². The molecular weight excluding hydrogens is 307 g/mol. The van der Waals surface area contributed by atoms with Crippen molar-refractivity contribution in [1.29, 1.82) is 0 Å². The highest BCUT2D eigenvalue weighted by molar-refractivity contribution is 6.35. The van der Waals surface area contributed by atoms with Crippen LogP contribution >= 0.6 is 23.2 Å². The molecule has 2 aromatic rings. The Bertz CT molecular complexity index is 617. The highest BCUT2D eigenvalue weighted by Gasteiger charge is 2.16. The minimum Gasteiger partial charge on any atom is -0.491 e. The van der Waals surface area contributed by atoms with Crippen LogP contribution in [0.2, 0.25) is 10.0 Å². The molecule has 112 valence electrons. The summed E-state index contributed by atoms with van der Waals surface area (Å²) in [7, 11) is 0. The topological polar surface area (TPSA) is 47.3 Å². The van der Waals surface area contributed by atoms with E-state index in [1.807, 2.05) is 44.2 Å². The second kappa shape index (κ2) is 7.14. The minimum atomic E-state index is -0.231. The zero-order valence-electron chi connectivity index (χ0n) is 11.9. The van der Waals surface area contributed by atoms with Crippen LogP contribution in [0.4, 0.5) is 0 Å². The van der Waals surface area contributed by atoms with Crippen LogP contribution in [0.25, 0.3) is 0 Å². The summed E-state index contributed by atoms with van der Waals surface area (Å²) in [6, 6.07) is 12.9. The number of hydrogen-bond donors (Lipinski definition) is 2. The van der Waals surface area contributed by atoms with Crippen molar-refractivity contribution in [2.75, 3.05) is 0 Å². The van der Waals surface area contributed by atoms with Crippen LogP contribution in [0.15, 0.2) is 42.5 Å². The summed E-state index contributed by atoms with van der Waals surface area (Å²) < 4.78 is 5.71. The molecular formula is C16H18Cl2N2O. The standard InChI is InChI=1S/C16H18Cl2N2O/c1-10(2)21-13-5-3-4-11(8-13)16(20-19)14-7-6-12(17)9-15(14)18/h3-10,16,20H,19H2,1-2H3. The third-order valence-corrected chi connectivity index (χ3v) is 3.57. The molecule has 2 aromatic carbocycles. The third-order valence-electron chi connectivity index (χ3n) is 3.00. The fourth-order valence-electron chi connectivity index (χ4n) is 2.14. The van der Waals surface area contributed by atoms with Gasteiger partial charge in [0.05, 0.1) is 12.1 Å². The van der Waals surface area contributed by atoms with E-state index >= 15 is 0 Å². The quantitative estimate of drug-likeness (QED) is 0.635. The molecule has 0 bridgehead atoms. The second-order valence-corrected chi connectivity index (χ2v) is 5.85. The summed E-state index contributed by atoms with van der Waals surface area (Å²) in [6.45, 7) is 3.98. The summed E-state index contributed by atoms with van der Waals surface area (Å²) in [4.78, 5) is 0. The lowest BCUT2D eigenvalue weighted by molar-refractivity contribution is 0.242. The van der Waals surface area contributed by atoms with Crippen molar-refractivity contribution in [3.05, 3.63) is 63.6 Å². The molecule has 0 saturated carbocycles. The molecule has 0 radical (unpaired) electrons. The molecule has 1 unspecified atom stereocenters. The van der Waals surface area contributed by atoms with E-state index in [0.717, 1.165) is 16.9 Å². The zero-order chi connectivity index (χ0) is 15.4. The molecule has 0 spiro atoms. The monoisotopic (exact) mass is 324 g/mol. The lowest BCUT2D eigenvalue weighted by atomic mass is 9.99. The van der Waals surface area contributed by atoms with Gasteiger partial charge in [0.15, 0.2) is 0 Å². The molecule has 0 amide bonds. The van der Waals surface area contributed by atoms with Crippen molar-refractivity contribution in [1.82, 2.24) is 5.43 Å². The van der Waals surface area contributed by atoms with Gasteiger partial charge in [0, 0.05) is 10.0 Å². The van der Waals surface area contributed by atoms with Crippen LogP contribution in [0.3, 0.4) is 0 Å². The lowest BCUT2D eigenvalue weighted by Gasteiger charge is -2.19. The fourth-order valence-corrected chi connectivity index (χ4v) is 2.66. The largest absolute Gasteiger partial charge is 0.491 e. The molecule has 2 rings (SSSR count). The van der Waals surface area contributed by atoms with E-state index in [1.165, 1.54) is 0 Å². The Morgan fingerprint density at radius 1 is 1.10 bits per heavy atom. The van der Waals surface area contributed by atoms with Gasteiger partial charge in [-0.1, -0.05) is 41.4 Å². The van der Waals surface area contributed by atoms with Gasteiger partial charge in [0.2, 0.25) is 0 Å². The Labute approximate surface area is 135 Å². The van der Waals surface area contributed by atoms with Gasteiger partial charge in [-0.25, -0.2) is 5.43 Å². The smallest absolute Gasteiger partial charge is 0.120 e. The molecule has 1 atom stereocenters. The minimum absolute atomic E-state index is 0.114. The number of halogens is 2. The molecule has 0 aromatic heterocycles. The van der Waals surface area contributed by atoms with Crippen LogP contribution in [0.5, 0.6) is 5.75 Å². The van der Waals surface area contributed by atoms with Crippen molar-refractivity contribution in [2.45, 2.75) is 26.0 Å². The fraction of sp³-hybridized carbons (Fsp3) is 0.250. The molecule has 3 N–H and O–H groups in total. The first kappa shape index (κ1) is 16.1. The first-order chi connectivity index (χ1) is 10.0. The third kappa shape index (κ3) is 4.11. The molecule has 0 aliphatic heterocycles. The SMILES string of the molecule is CC(C)Oc1cccc(C(NN)c2ccc(Cl)cc2Cl)c1. The van der Waals surface area contributed by atoms with Crippen LogP contribution in [-0.4, -0.2) is 6.10 Å². The Morgan fingerprint density at radius 2 is 1.86 bits per heavy atom. The van der Waals surface area contributed by atoms with Crippen molar-refractivity contribution in [3.8, 4) is 5.75 Å².